The minimum Gasteiger partial charge on any atom is -0.465 e. The minimum absolute atomic E-state index is 0.0868. The van der Waals surface area contributed by atoms with E-state index in [0.717, 1.165) is 22.8 Å². The highest BCUT2D eigenvalue weighted by Gasteiger charge is 2.49. The molecule has 2 aliphatic carbocycles. The predicted octanol–water partition coefficient (Wildman–Crippen LogP) is 2.27. The molecule has 0 aliphatic heterocycles. The van der Waals surface area contributed by atoms with Gasteiger partial charge >= 0.3 is 5.97 Å². The van der Waals surface area contributed by atoms with Crippen molar-refractivity contribution < 1.29 is 9.53 Å². The summed E-state index contributed by atoms with van der Waals surface area (Å²) in [7, 11) is 0. The Kier molecular flexibility index (Phi) is 4.03. The normalized spacial score (nSPS) is 29.6. The molecule has 3 rings (SSSR count). The van der Waals surface area contributed by atoms with Gasteiger partial charge in [-0.05, 0) is 61.6 Å². The molecule has 2 saturated carbocycles. The number of nitrogens with zero attached hydrogens (tertiary/aromatic N) is 2. The third kappa shape index (κ3) is 2.86. The van der Waals surface area contributed by atoms with Crippen LogP contribution in [0.2, 0.25) is 0 Å². The molecule has 0 saturated heterocycles. The molecule has 2 atom stereocenters. The van der Waals surface area contributed by atoms with Crippen LogP contribution in [0.5, 0.6) is 0 Å². The Morgan fingerprint density at radius 2 is 2.40 bits per heavy atom. The lowest BCUT2D eigenvalue weighted by molar-refractivity contribution is -0.151. The van der Waals surface area contributed by atoms with E-state index in [4.69, 9.17) is 4.74 Å². The van der Waals surface area contributed by atoms with Crippen molar-refractivity contribution in [2.24, 2.45) is 0 Å². The van der Waals surface area contributed by atoms with Crippen molar-refractivity contribution in [3.05, 3.63) is 16.0 Å². The molecule has 0 bridgehead atoms. The van der Waals surface area contributed by atoms with Gasteiger partial charge in [-0.3, -0.25) is 14.8 Å². The van der Waals surface area contributed by atoms with Crippen LogP contribution in [0.15, 0.2) is 12.4 Å². The standard InChI is InChI=1S/C14H20IN3O2/c1-2-20-13(19)14(17-11-3-4-11)6-5-12(7-14)18-9-10(15)8-16-18/h8-9,11-12,17H,2-7H2,1H3. The van der Waals surface area contributed by atoms with E-state index >= 15 is 0 Å². The van der Waals surface area contributed by atoms with Crippen molar-refractivity contribution in [2.45, 2.75) is 56.7 Å². The Balaban J connectivity index is 1.76. The monoisotopic (exact) mass is 389 g/mol. The molecule has 1 heterocycles. The fourth-order valence-corrected chi connectivity index (χ4v) is 3.43. The summed E-state index contributed by atoms with van der Waals surface area (Å²) in [5.41, 5.74) is -0.501. The van der Waals surface area contributed by atoms with Crippen molar-refractivity contribution in [2.75, 3.05) is 6.61 Å². The minimum atomic E-state index is -0.501. The molecule has 2 fully saturated rings. The highest BCUT2D eigenvalue weighted by atomic mass is 127. The molecule has 20 heavy (non-hydrogen) atoms. The summed E-state index contributed by atoms with van der Waals surface area (Å²) in [4.78, 5) is 12.4. The Morgan fingerprint density at radius 1 is 1.60 bits per heavy atom. The first-order valence-electron chi connectivity index (χ1n) is 7.27. The molecule has 110 valence electrons. The highest BCUT2D eigenvalue weighted by Crippen LogP contribution is 2.40. The lowest BCUT2D eigenvalue weighted by Gasteiger charge is -2.28. The van der Waals surface area contributed by atoms with Gasteiger partial charge in [0, 0.05) is 12.2 Å². The van der Waals surface area contributed by atoms with Crippen molar-refractivity contribution in [1.82, 2.24) is 15.1 Å². The predicted molar refractivity (Wildman–Crippen MR) is 83.4 cm³/mol. The van der Waals surface area contributed by atoms with Gasteiger partial charge in [-0.2, -0.15) is 5.10 Å². The van der Waals surface area contributed by atoms with Crippen LogP contribution in [0, 0.1) is 3.57 Å². The van der Waals surface area contributed by atoms with Crippen molar-refractivity contribution in [3.63, 3.8) is 0 Å². The summed E-state index contributed by atoms with van der Waals surface area (Å²) in [5.74, 6) is -0.0868. The summed E-state index contributed by atoms with van der Waals surface area (Å²) in [6, 6.07) is 0.782. The molecule has 2 unspecified atom stereocenters. The second kappa shape index (κ2) is 5.63. The third-order valence-electron chi connectivity index (χ3n) is 4.16. The first-order valence-corrected chi connectivity index (χ1v) is 8.35. The number of rotatable bonds is 5. The largest absolute Gasteiger partial charge is 0.465 e. The van der Waals surface area contributed by atoms with Crippen LogP contribution < -0.4 is 5.32 Å². The van der Waals surface area contributed by atoms with Crippen LogP contribution in [0.1, 0.15) is 45.1 Å². The molecular weight excluding hydrogens is 369 g/mol. The fourth-order valence-electron chi connectivity index (χ4n) is 3.02. The molecule has 0 spiro atoms. The Hall–Kier alpha value is -0.630. The van der Waals surface area contributed by atoms with E-state index < -0.39 is 5.54 Å². The zero-order chi connectivity index (χ0) is 14.2. The van der Waals surface area contributed by atoms with Gasteiger partial charge in [0.2, 0.25) is 0 Å². The quantitative estimate of drug-likeness (QED) is 0.620. The molecule has 0 aromatic carbocycles. The molecule has 0 radical (unpaired) electrons. The first kappa shape index (κ1) is 14.3. The summed E-state index contributed by atoms with van der Waals surface area (Å²) in [5, 5.41) is 7.93. The average Bonchev–Trinajstić information content (AvgIpc) is 2.95. The number of carbonyl (C=O) groups excluding carboxylic acids is 1. The number of hydrogen-bond acceptors (Lipinski definition) is 4. The third-order valence-corrected chi connectivity index (χ3v) is 4.71. The van der Waals surface area contributed by atoms with Gasteiger partial charge < -0.3 is 4.74 Å². The smallest absolute Gasteiger partial charge is 0.326 e. The number of hydrogen-bond donors (Lipinski definition) is 1. The molecule has 0 amide bonds. The van der Waals surface area contributed by atoms with Gasteiger partial charge in [-0.1, -0.05) is 0 Å². The lowest BCUT2D eigenvalue weighted by Crippen LogP contribution is -2.52. The number of nitrogens with one attached hydrogen (secondary N) is 1. The van der Waals surface area contributed by atoms with Crippen LogP contribution in [0.25, 0.3) is 0 Å². The maximum Gasteiger partial charge on any atom is 0.326 e. The molecular formula is C14H20IN3O2. The van der Waals surface area contributed by atoms with Gasteiger partial charge in [0.1, 0.15) is 5.54 Å². The highest BCUT2D eigenvalue weighted by molar-refractivity contribution is 14.1. The zero-order valence-electron chi connectivity index (χ0n) is 11.6. The van der Waals surface area contributed by atoms with Gasteiger partial charge in [-0.15, -0.1) is 0 Å². The fraction of sp³-hybridized carbons (Fsp3) is 0.714. The van der Waals surface area contributed by atoms with Crippen molar-refractivity contribution in [1.29, 1.82) is 0 Å². The van der Waals surface area contributed by atoms with Crippen molar-refractivity contribution in [3.8, 4) is 0 Å². The Morgan fingerprint density at radius 3 is 3.00 bits per heavy atom. The first-order chi connectivity index (χ1) is 9.63. The van der Waals surface area contributed by atoms with Crippen LogP contribution in [-0.2, 0) is 9.53 Å². The molecule has 5 nitrogen and oxygen atoms in total. The van der Waals surface area contributed by atoms with Gasteiger partial charge in [0.25, 0.3) is 0 Å². The molecule has 1 N–H and O–H groups in total. The molecule has 2 aliphatic rings. The molecule has 1 aromatic heterocycles. The van der Waals surface area contributed by atoms with E-state index in [-0.39, 0.29) is 12.0 Å². The van der Waals surface area contributed by atoms with E-state index in [1.807, 2.05) is 24.0 Å². The Labute approximate surface area is 132 Å². The van der Waals surface area contributed by atoms with E-state index in [0.29, 0.717) is 12.6 Å². The van der Waals surface area contributed by atoms with E-state index in [9.17, 15) is 4.79 Å². The zero-order valence-corrected chi connectivity index (χ0v) is 13.8. The topological polar surface area (TPSA) is 56.1 Å². The van der Waals surface area contributed by atoms with Crippen LogP contribution in [-0.4, -0.2) is 33.9 Å². The summed E-state index contributed by atoms with van der Waals surface area (Å²) >= 11 is 2.26. The SMILES string of the molecule is CCOC(=O)C1(NC2CC2)CCC(n2cc(I)cn2)C1. The lowest BCUT2D eigenvalue weighted by atomic mass is 9.97. The second-order valence-corrected chi connectivity index (χ2v) is 7.00. The average molecular weight is 389 g/mol. The van der Waals surface area contributed by atoms with Crippen LogP contribution in [0.4, 0.5) is 0 Å². The Bertz CT molecular complexity index is 500. The van der Waals surface area contributed by atoms with E-state index in [2.05, 4.69) is 33.0 Å². The maximum atomic E-state index is 12.4. The van der Waals surface area contributed by atoms with E-state index in [1.54, 1.807) is 0 Å². The van der Waals surface area contributed by atoms with Crippen molar-refractivity contribution >= 4 is 28.6 Å². The summed E-state index contributed by atoms with van der Waals surface area (Å²) < 4.78 is 8.44. The van der Waals surface area contributed by atoms with Gasteiger partial charge in [0.15, 0.2) is 0 Å². The van der Waals surface area contributed by atoms with Gasteiger partial charge in [0.05, 0.1) is 22.4 Å². The maximum absolute atomic E-state index is 12.4. The van der Waals surface area contributed by atoms with E-state index in [1.165, 1.54) is 12.8 Å². The summed E-state index contributed by atoms with van der Waals surface area (Å²) in [6.07, 6.45) is 8.83. The summed E-state index contributed by atoms with van der Waals surface area (Å²) in [6.45, 7) is 2.31. The number of ether oxygens (including phenoxy) is 1. The number of esters is 1. The number of halogens is 1. The van der Waals surface area contributed by atoms with Gasteiger partial charge in [-0.25, -0.2) is 0 Å². The number of carbonyl (C=O) groups is 1. The van der Waals surface area contributed by atoms with Crippen LogP contribution in [0.3, 0.4) is 0 Å². The number of aromatic nitrogens is 2. The molecule has 6 heteroatoms. The van der Waals surface area contributed by atoms with Crippen LogP contribution >= 0.6 is 22.6 Å². The second-order valence-electron chi connectivity index (χ2n) is 5.76. The molecule has 1 aromatic rings.